The zero-order valence-electron chi connectivity index (χ0n) is 15.4. The van der Waals surface area contributed by atoms with Crippen molar-refractivity contribution in [3.05, 3.63) is 76.1 Å². The van der Waals surface area contributed by atoms with Crippen molar-refractivity contribution in [3.8, 4) is 22.9 Å². The third kappa shape index (κ3) is 3.49. The van der Waals surface area contributed by atoms with Crippen molar-refractivity contribution < 1.29 is 14.3 Å². The van der Waals surface area contributed by atoms with Gasteiger partial charge in [0.2, 0.25) is 0 Å². The van der Waals surface area contributed by atoms with E-state index in [1.807, 2.05) is 29.0 Å². The van der Waals surface area contributed by atoms with Crippen LogP contribution in [0.2, 0.25) is 0 Å². The Bertz CT molecular complexity index is 1190. The Morgan fingerprint density at radius 3 is 2.66 bits per heavy atom. The number of benzene rings is 2. The number of nitriles is 1. The smallest absolute Gasteiger partial charge is 0.275 e. The second kappa shape index (κ2) is 7.62. The second-order valence-corrected chi connectivity index (χ2v) is 7.06. The van der Waals surface area contributed by atoms with Crippen molar-refractivity contribution in [2.45, 2.75) is 0 Å². The number of rotatable bonds is 5. The van der Waals surface area contributed by atoms with E-state index in [-0.39, 0.29) is 11.3 Å². The molecular formula is C22H15N3O3S. The van der Waals surface area contributed by atoms with Crippen LogP contribution in [-0.2, 0) is 9.59 Å². The van der Waals surface area contributed by atoms with Gasteiger partial charge >= 0.3 is 0 Å². The van der Waals surface area contributed by atoms with Crippen LogP contribution in [0.3, 0.4) is 0 Å². The van der Waals surface area contributed by atoms with Gasteiger partial charge in [0.25, 0.3) is 11.8 Å². The normalized spacial score (nSPS) is 13.2. The molecule has 3 aromatic rings. The van der Waals surface area contributed by atoms with Gasteiger partial charge in [0.15, 0.2) is 0 Å². The fraction of sp³-hybridized carbons (Fsp3) is 0.0455. The molecule has 1 aliphatic rings. The molecule has 2 aromatic carbocycles. The highest BCUT2D eigenvalue weighted by Crippen LogP contribution is 2.35. The number of nitrogens with zero attached hydrogens (tertiary/aromatic N) is 1. The fourth-order valence-corrected chi connectivity index (χ4v) is 3.82. The molecule has 0 fully saturated rings. The molecule has 2 heterocycles. The van der Waals surface area contributed by atoms with E-state index in [0.717, 1.165) is 11.1 Å². The summed E-state index contributed by atoms with van der Waals surface area (Å²) in [6.45, 7) is 0. The molecule has 0 bridgehead atoms. The molecule has 2 amide bonds. The highest BCUT2D eigenvalue weighted by Gasteiger charge is 2.33. The fourth-order valence-electron chi connectivity index (χ4n) is 3.15. The maximum Gasteiger partial charge on any atom is 0.275 e. The van der Waals surface area contributed by atoms with E-state index < -0.39 is 11.8 Å². The van der Waals surface area contributed by atoms with Crippen LogP contribution < -0.4 is 15.4 Å². The molecule has 0 atom stereocenters. The van der Waals surface area contributed by atoms with Crippen molar-refractivity contribution >= 4 is 34.4 Å². The van der Waals surface area contributed by atoms with E-state index in [2.05, 4.69) is 16.7 Å². The quantitative estimate of drug-likeness (QED) is 0.635. The summed E-state index contributed by atoms with van der Waals surface area (Å²) in [6.07, 6.45) is 0. The molecule has 6 nitrogen and oxygen atoms in total. The maximum atomic E-state index is 12.6. The number of hydrogen-bond donors (Lipinski definition) is 2. The van der Waals surface area contributed by atoms with E-state index in [1.165, 1.54) is 7.11 Å². The minimum atomic E-state index is -0.532. The van der Waals surface area contributed by atoms with Crippen LogP contribution in [0.5, 0.6) is 5.75 Å². The molecule has 29 heavy (non-hydrogen) atoms. The Morgan fingerprint density at radius 1 is 1.07 bits per heavy atom. The monoisotopic (exact) mass is 401 g/mol. The molecule has 0 unspecified atom stereocenters. The van der Waals surface area contributed by atoms with Gasteiger partial charge < -0.3 is 10.1 Å². The zero-order valence-corrected chi connectivity index (χ0v) is 16.2. The molecule has 142 valence electrons. The van der Waals surface area contributed by atoms with E-state index in [4.69, 9.17) is 10.00 Å². The lowest BCUT2D eigenvalue weighted by atomic mass is 9.98. The van der Waals surface area contributed by atoms with Gasteiger partial charge in [-0.1, -0.05) is 12.1 Å². The summed E-state index contributed by atoms with van der Waals surface area (Å²) >= 11 is 1.57. The minimum absolute atomic E-state index is 0.117. The van der Waals surface area contributed by atoms with Crippen LogP contribution in [-0.4, -0.2) is 18.9 Å². The summed E-state index contributed by atoms with van der Waals surface area (Å²) in [4.78, 5) is 25.1. The molecule has 0 saturated carbocycles. The first kappa shape index (κ1) is 18.5. The highest BCUT2D eigenvalue weighted by molar-refractivity contribution is 7.08. The van der Waals surface area contributed by atoms with Gasteiger partial charge in [-0.3, -0.25) is 14.9 Å². The van der Waals surface area contributed by atoms with Gasteiger partial charge in [-0.05, 0) is 58.3 Å². The molecule has 2 N–H and O–H groups in total. The summed E-state index contributed by atoms with van der Waals surface area (Å²) in [5, 5.41) is 18.4. The van der Waals surface area contributed by atoms with Crippen molar-refractivity contribution in [3.63, 3.8) is 0 Å². The number of ether oxygens (including phenoxy) is 1. The lowest BCUT2D eigenvalue weighted by molar-refractivity contribution is -0.123. The summed E-state index contributed by atoms with van der Waals surface area (Å²) in [7, 11) is 1.52. The van der Waals surface area contributed by atoms with Crippen LogP contribution in [0, 0.1) is 11.3 Å². The zero-order chi connectivity index (χ0) is 20.4. The Labute approximate surface area is 171 Å². The van der Waals surface area contributed by atoms with Gasteiger partial charge in [-0.25, -0.2) is 0 Å². The predicted molar refractivity (Wildman–Crippen MR) is 111 cm³/mol. The third-order valence-electron chi connectivity index (χ3n) is 4.52. The predicted octanol–water partition coefficient (Wildman–Crippen LogP) is 3.77. The van der Waals surface area contributed by atoms with Crippen molar-refractivity contribution in [1.82, 2.24) is 5.32 Å². The summed E-state index contributed by atoms with van der Waals surface area (Å²) in [6, 6.07) is 16.3. The van der Waals surface area contributed by atoms with Crippen LogP contribution in [0.4, 0.5) is 5.69 Å². The number of thiophene rings is 1. The number of amides is 2. The summed E-state index contributed by atoms with van der Waals surface area (Å²) in [5.74, 6) is -0.557. The first-order valence-corrected chi connectivity index (χ1v) is 9.63. The van der Waals surface area contributed by atoms with Crippen molar-refractivity contribution in [2.24, 2.45) is 0 Å². The average Bonchev–Trinajstić information content (AvgIpc) is 3.36. The molecule has 1 aliphatic heterocycles. The molecule has 4 rings (SSSR count). The van der Waals surface area contributed by atoms with Gasteiger partial charge in [0.05, 0.1) is 24.3 Å². The van der Waals surface area contributed by atoms with E-state index in [0.29, 0.717) is 22.6 Å². The molecule has 1 aromatic heterocycles. The second-order valence-electron chi connectivity index (χ2n) is 6.28. The first-order valence-electron chi connectivity index (χ1n) is 8.69. The van der Waals surface area contributed by atoms with E-state index >= 15 is 0 Å². The topological polar surface area (TPSA) is 91.2 Å². The van der Waals surface area contributed by atoms with Crippen LogP contribution >= 0.6 is 11.3 Å². The molecule has 0 saturated heterocycles. The number of anilines is 1. The number of methoxy groups -OCH3 is 1. The maximum absolute atomic E-state index is 12.6. The van der Waals surface area contributed by atoms with Crippen molar-refractivity contribution in [2.75, 3.05) is 12.4 Å². The van der Waals surface area contributed by atoms with E-state index in [1.54, 1.807) is 41.7 Å². The Hall–Kier alpha value is -3.89. The van der Waals surface area contributed by atoms with Crippen LogP contribution in [0.25, 0.3) is 16.7 Å². The minimum Gasteiger partial charge on any atom is -0.496 e. The van der Waals surface area contributed by atoms with Crippen LogP contribution in [0.1, 0.15) is 11.1 Å². The molecule has 0 radical (unpaired) electrons. The third-order valence-corrected chi connectivity index (χ3v) is 5.20. The van der Waals surface area contributed by atoms with Gasteiger partial charge in [0.1, 0.15) is 11.4 Å². The van der Waals surface area contributed by atoms with Crippen LogP contribution in [0.15, 0.2) is 65.0 Å². The van der Waals surface area contributed by atoms with Gasteiger partial charge in [-0.2, -0.15) is 16.6 Å². The lowest BCUT2D eigenvalue weighted by Crippen LogP contribution is -2.24. The van der Waals surface area contributed by atoms with Gasteiger partial charge in [-0.15, -0.1) is 0 Å². The Kier molecular flexibility index (Phi) is 4.85. The summed E-state index contributed by atoms with van der Waals surface area (Å²) in [5.41, 5.74) is 3.73. The van der Waals surface area contributed by atoms with E-state index in [9.17, 15) is 9.59 Å². The lowest BCUT2D eigenvalue weighted by Gasteiger charge is -2.13. The number of nitrogens with one attached hydrogen (secondary N) is 2. The standard InChI is InChI=1S/C22H15N3O3S/c1-28-18-6-5-14(15-7-8-29-12-15)10-17(18)19-20(22(27)25-21(19)26)24-16-4-2-3-13(9-16)11-23/h2-10,12H,1H3,(H2,24,25,26,27). The number of carbonyl (C=O) groups is 2. The average molecular weight is 401 g/mol. The summed E-state index contributed by atoms with van der Waals surface area (Å²) < 4.78 is 5.46. The molecular weight excluding hydrogens is 386 g/mol. The SMILES string of the molecule is COc1ccc(-c2ccsc2)cc1C1=C(Nc2cccc(C#N)c2)C(=O)NC1=O. The Balaban J connectivity index is 1.85. The highest BCUT2D eigenvalue weighted by atomic mass is 32.1. The number of carbonyl (C=O) groups excluding carboxylic acids is 2. The first-order chi connectivity index (χ1) is 14.1. The largest absolute Gasteiger partial charge is 0.496 e. The van der Waals surface area contributed by atoms with Gasteiger partial charge in [0, 0.05) is 11.3 Å². The molecule has 0 aliphatic carbocycles. The number of hydrogen-bond acceptors (Lipinski definition) is 6. The molecule has 0 spiro atoms. The number of imide groups is 1. The Morgan fingerprint density at radius 2 is 1.93 bits per heavy atom. The molecule has 7 heteroatoms. The van der Waals surface area contributed by atoms with Crippen molar-refractivity contribution in [1.29, 1.82) is 5.26 Å².